The molecule has 12 heteroatoms. The number of hydrazone groups is 1. The summed E-state index contributed by atoms with van der Waals surface area (Å²) in [5, 5.41) is 15.4. The van der Waals surface area contributed by atoms with Crippen molar-refractivity contribution in [1.82, 2.24) is 4.41 Å². The lowest BCUT2D eigenvalue weighted by atomic mass is 9.98. The van der Waals surface area contributed by atoms with Crippen LogP contribution >= 0.6 is 0 Å². The van der Waals surface area contributed by atoms with Crippen molar-refractivity contribution >= 4 is 37.1 Å². The zero-order chi connectivity index (χ0) is 22.1. The van der Waals surface area contributed by atoms with Crippen molar-refractivity contribution in [1.29, 1.82) is 0 Å². The molecule has 0 saturated heterocycles. The van der Waals surface area contributed by atoms with Crippen molar-refractivity contribution in [2.75, 3.05) is 16.7 Å². The van der Waals surface area contributed by atoms with E-state index in [0.717, 1.165) is 10.7 Å². The Morgan fingerprint density at radius 2 is 1.87 bits per heavy atom. The van der Waals surface area contributed by atoms with Crippen LogP contribution in [0.5, 0.6) is 0 Å². The van der Waals surface area contributed by atoms with Crippen LogP contribution in [0.2, 0.25) is 0 Å². The summed E-state index contributed by atoms with van der Waals surface area (Å²) in [5.74, 6) is -0.190. The zero-order valence-corrected chi connectivity index (χ0v) is 17.9. The fourth-order valence-corrected chi connectivity index (χ4v) is 4.75. The van der Waals surface area contributed by atoms with E-state index in [1.807, 2.05) is 0 Å². The maximum Gasteiger partial charge on any atom is 0.269 e. The van der Waals surface area contributed by atoms with E-state index in [1.165, 1.54) is 25.1 Å². The predicted octanol–water partition coefficient (Wildman–Crippen LogP) is 2.47. The highest BCUT2D eigenvalue weighted by Gasteiger charge is 2.36. The fourth-order valence-electron chi connectivity index (χ4n) is 3.12. The summed E-state index contributed by atoms with van der Waals surface area (Å²) in [6.45, 7) is 1.49. The van der Waals surface area contributed by atoms with Gasteiger partial charge in [0, 0.05) is 24.2 Å². The van der Waals surface area contributed by atoms with Gasteiger partial charge in [0.2, 0.25) is 20.0 Å². The molecule has 0 fully saturated rings. The number of non-ortho nitro benzene ring substituents is 1. The average molecular weight is 453 g/mol. The molecule has 1 aliphatic rings. The third-order valence-corrected chi connectivity index (χ3v) is 6.73. The zero-order valence-electron chi connectivity index (χ0n) is 16.2. The molecule has 10 nitrogen and oxygen atoms in total. The summed E-state index contributed by atoms with van der Waals surface area (Å²) in [5.41, 5.74) is 1.61. The van der Waals surface area contributed by atoms with Crippen LogP contribution in [0.15, 0.2) is 53.6 Å². The summed E-state index contributed by atoms with van der Waals surface area (Å²) in [6, 6.07) is 11.5. The molecule has 1 atom stereocenters. The molecule has 0 radical (unpaired) electrons. The molecule has 2 aromatic rings. The van der Waals surface area contributed by atoms with Gasteiger partial charge >= 0.3 is 0 Å². The molecule has 30 heavy (non-hydrogen) atoms. The molecule has 0 amide bonds. The first-order chi connectivity index (χ1) is 14.0. The van der Waals surface area contributed by atoms with Crippen LogP contribution in [0, 0.1) is 10.1 Å². The van der Waals surface area contributed by atoms with Crippen molar-refractivity contribution in [3.63, 3.8) is 0 Å². The van der Waals surface area contributed by atoms with Gasteiger partial charge in [0.25, 0.3) is 5.69 Å². The molecule has 1 heterocycles. The van der Waals surface area contributed by atoms with E-state index in [0.29, 0.717) is 22.5 Å². The second-order valence-corrected chi connectivity index (χ2v) is 10.6. The van der Waals surface area contributed by atoms with E-state index < -0.39 is 31.0 Å². The van der Waals surface area contributed by atoms with Gasteiger partial charge in [-0.3, -0.25) is 14.8 Å². The number of hydrogen-bond donors (Lipinski definition) is 1. The summed E-state index contributed by atoms with van der Waals surface area (Å²) < 4.78 is 51.6. The van der Waals surface area contributed by atoms with E-state index in [-0.39, 0.29) is 17.9 Å². The molecule has 0 aliphatic carbocycles. The molecule has 0 aromatic heterocycles. The Bertz CT molecular complexity index is 1220. The number of hydrogen-bond acceptors (Lipinski definition) is 7. The van der Waals surface area contributed by atoms with Gasteiger partial charge in [-0.15, -0.1) is 0 Å². The molecule has 0 saturated carbocycles. The highest BCUT2D eigenvalue weighted by molar-refractivity contribution is 7.92. The number of benzene rings is 2. The lowest BCUT2D eigenvalue weighted by molar-refractivity contribution is -0.384. The second kappa shape index (κ2) is 8.03. The van der Waals surface area contributed by atoms with Gasteiger partial charge in [-0.1, -0.05) is 24.3 Å². The molecule has 3 rings (SSSR count). The van der Waals surface area contributed by atoms with Gasteiger partial charge in [0.05, 0.1) is 28.7 Å². The lowest BCUT2D eigenvalue weighted by Gasteiger charge is -2.22. The molecule has 1 aliphatic heterocycles. The van der Waals surface area contributed by atoms with Crippen molar-refractivity contribution in [3.05, 3.63) is 69.8 Å². The Balaban J connectivity index is 2.02. The smallest absolute Gasteiger partial charge is 0.269 e. The number of nitrogens with one attached hydrogen (secondary N) is 1. The Hall–Kier alpha value is -2.99. The Morgan fingerprint density at radius 3 is 2.50 bits per heavy atom. The number of sulfonamides is 2. The largest absolute Gasteiger partial charge is 0.284 e. The van der Waals surface area contributed by atoms with E-state index >= 15 is 0 Å². The van der Waals surface area contributed by atoms with Crippen molar-refractivity contribution in [2.24, 2.45) is 5.10 Å². The van der Waals surface area contributed by atoms with Gasteiger partial charge < -0.3 is 0 Å². The van der Waals surface area contributed by atoms with Crippen molar-refractivity contribution in [2.45, 2.75) is 19.4 Å². The van der Waals surface area contributed by atoms with Crippen molar-refractivity contribution < 1.29 is 21.8 Å². The maximum atomic E-state index is 12.6. The van der Waals surface area contributed by atoms with Crippen LogP contribution in [0.25, 0.3) is 0 Å². The minimum absolute atomic E-state index is 0.144. The molecular formula is C18H20N4O6S2. The molecule has 1 unspecified atom stereocenters. The Kier molecular flexibility index (Phi) is 5.81. The summed E-state index contributed by atoms with van der Waals surface area (Å²) in [7, 11) is -7.23. The van der Waals surface area contributed by atoms with Gasteiger partial charge in [-0.25, -0.2) is 16.8 Å². The van der Waals surface area contributed by atoms with E-state index in [4.69, 9.17) is 0 Å². The van der Waals surface area contributed by atoms with Gasteiger partial charge in [-0.05, 0) is 30.2 Å². The molecule has 0 spiro atoms. The van der Waals surface area contributed by atoms with Crippen LogP contribution in [0.3, 0.4) is 0 Å². The van der Waals surface area contributed by atoms with Crippen LogP contribution < -0.4 is 4.72 Å². The highest BCUT2D eigenvalue weighted by Crippen LogP contribution is 2.36. The van der Waals surface area contributed by atoms with E-state index in [1.54, 1.807) is 30.3 Å². The SMILES string of the molecule is CCS(=O)(=O)N1N=C(c2cccc(NS(C)(=O)=O)c2)CC1c1cccc([N+](=O)[O-])c1. The molecule has 0 bridgehead atoms. The minimum atomic E-state index is -3.74. The van der Waals surface area contributed by atoms with Gasteiger partial charge in [0.1, 0.15) is 0 Å². The highest BCUT2D eigenvalue weighted by atomic mass is 32.2. The normalized spacial score (nSPS) is 16.9. The second-order valence-electron chi connectivity index (χ2n) is 6.75. The Labute approximate surface area is 174 Å². The van der Waals surface area contributed by atoms with Gasteiger partial charge in [0.15, 0.2) is 0 Å². The molecule has 2 aromatic carbocycles. The van der Waals surface area contributed by atoms with Crippen LogP contribution in [0.4, 0.5) is 11.4 Å². The third kappa shape index (κ3) is 4.76. The summed E-state index contributed by atoms with van der Waals surface area (Å²) >= 11 is 0. The maximum absolute atomic E-state index is 12.6. The fraction of sp³-hybridized carbons (Fsp3) is 0.278. The molecule has 160 valence electrons. The number of nitrogens with zero attached hydrogens (tertiary/aromatic N) is 3. The monoisotopic (exact) mass is 452 g/mol. The van der Waals surface area contributed by atoms with Crippen LogP contribution in [-0.2, 0) is 20.0 Å². The molecule has 1 N–H and O–H groups in total. The molecular weight excluding hydrogens is 432 g/mol. The number of nitro groups is 1. The number of nitro benzene ring substituents is 1. The van der Waals surface area contributed by atoms with Crippen LogP contribution in [-0.4, -0.2) is 43.9 Å². The predicted molar refractivity (Wildman–Crippen MR) is 113 cm³/mol. The van der Waals surface area contributed by atoms with Crippen LogP contribution in [0.1, 0.15) is 30.5 Å². The quantitative estimate of drug-likeness (QED) is 0.506. The van der Waals surface area contributed by atoms with E-state index in [9.17, 15) is 26.9 Å². The summed E-state index contributed by atoms with van der Waals surface area (Å²) in [6.07, 6.45) is 1.21. The number of anilines is 1. The lowest BCUT2D eigenvalue weighted by Crippen LogP contribution is -2.28. The van der Waals surface area contributed by atoms with Crippen molar-refractivity contribution in [3.8, 4) is 0 Å². The number of rotatable bonds is 7. The van der Waals surface area contributed by atoms with Gasteiger partial charge in [-0.2, -0.15) is 9.52 Å². The minimum Gasteiger partial charge on any atom is -0.284 e. The summed E-state index contributed by atoms with van der Waals surface area (Å²) in [4.78, 5) is 10.6. The first-order valence-electron chi connectivity index (χ1n) is 8.92. The Morgan fingerprint density at radius 1 is 1.17 bits per heavy atom. The average Bonchev–Trinajstić information content (AvgIpc) is 3.13. The first-order valence-corrected chi connectivity index (χ1v) is 12.4. The first kappa shape index (κ1) is 21.7. The topological polar surface area (TPSA) is 139 Å². The van der Waals surface area contributed by atoms with E-state index in [2.05, 4.69) is 9.82 Å². The third-order valence-electron chi connectivity index (χ3n) is 4.49. The standard InChI is InChI=1S/C18H20N4O6S2/c1-3-30(27,28)21-18(14-7-5-9-16(11-14)22(23)24)12-17(19-21)13-6-4-8-15(10-13)20-29(2,25)26/h4-11,18,20H,3,12H2,1-2H3.